The van der Waals surface area contributed by atoms with Crippen molar-refractivity contribution in [3.8, 4) is 0 Å². The Morgan fingerprint density at radius 1 is 1.31 bits per heavy atom. The van der Waals surface area contributed by atoms with Gasteiger partial charge in [-0.25, -0.2) is 4.99 Å². The Bertz CT molecular complexity index is 324. The normalized spacial score (nSPS) is 16.1. The molecule has 16 heavy (non-hydrogen) atoms. The van der Waals surface area contributed by atoms with E-state index in [-0.39, 0.29) is 0 Å². The number of nitrogens with zero attached hydrogens (tertiary/aromatic N) is 2. The average Bonchev–Trinajstić information content (AvgIpc) is 2.31. The summed E-state index contributed by atoms with van der Waals surface area (Å²) >= 11 is 0. The van der Waals surface area contributed by atoms with E-state index in [4.69, 9.17) is 0 Å². The van der Waals surface area contributed by atoms with Gasteiger partial charge in [-0.05, 0) is 18.1 Å². The molecule has 0 fully saturated rings. The van der Waals surface area contributed by atoms with Gasteiger partial charge in [0.1, 0.15) is 5.84 Å². The molecule has 1 aliphatic rings. The second-order valence-corrected chi connectivity index (χ2v) is 4.16. The smallest absolute Gasteiger partial charge is 0.105 e. The van der Waals surface area contributed by atoms with Crippen molar-refractivity contribution < 1.29 is 0 Å². The first-order valence-corrected chi connectivity index (χ1v) is 5.99. The van der Waals surface area contributed by atoms with E-state index < -0.39 is 0 Å². The van der Waals surface area contributed by atoms with Gasteiger partial charge < -0.3 is 4.90 Å². The van der Waals surface area contributed by atoms with Gasteiger partial charge >= 0.3 is 0 Å². The highest BCUT2D eigenvalue weighted by Gasteiger charge is 2.15. The van der Waals surface area contributed by atoms with Crippen LogP contribution in [-0.2, 0) is 0 Å². The van der Waals surface area contributed by atoms with Crippen molar-refractivity contribution in [2.45, 2.75) is 32.6 Å². The molecule has 0 aromatic carbocycles. The zero-order valence-electron chi connectivity index (χ0n) is 10.5. The molecule has 0 saturated carbocycles. The summed E-state index contributed by atoms with van der Waals surface area (Å²) in [5.74, 6) is 1.17. The third kappa shape index (κ3) is 3.09. The van der Waals surface area contributed by atoms with E-state index in [0.29, 0.717) is 0 Å². The molecule has 0 unspecified atom stereocenters. The van der Waals surface area contributed by atoms with Crippen LogP contribution >= 0.6 is 0 Å². The summed E-state index contributed by atoms with van der Waals surface area (Å²) in [6.45, 7) is 10.7. The highest BCUT2D eigenvalue weighted by atomic mass is 15.2. The van der Waals surface area contributed by atoms with E-state index in [1.165, 1.54) is 25.1 Å². The first kappa shape index (κ1) is 12.8. The van der Waals surface area contributed by atoms with E-state index in [2.05, 4.69) is 37.0 Å². The van der Waals surface area contributed by atoms with Crippen molar-refractivity contribution in [1.82, 2.24) is 4.90 Å². The molecule has 0 N–H and O–H groups in total. The van der Waals surface area contributed by atoms with Crippen LogP contribution in [0.25, 0.3) is 0 Å². The Labute approximate surface area is 99.1 Å². The topological polar surface area (TPSA) is 15.6 Å². The van der Waals surface area contributed by atoms with Gasteiger partial charge in [0.25, 0.3) is 0 Å². The molecule has 0 aromatic rings. The maximum atomic E-state index is 4.64. The van der Waals surface area contributed by atoms with Gasteiger partial charge in [-0.15, -0.1) is 0 Å². The quantitative estimate of drug-likeness (QED) is 0.623. The number of amidine groups is 1. The van der Waals surface area contributed by atoms with Gasteiger partial charge in [-0.2, -0.15) is 0 Å². The number of rotatable bonds is 6. The molecule has 88 valence electrons. The van der Waals surface area contributed by atoms with Crippen molar-refractivity contribution >= 4 is 5.84 Å². The molecular formula is C14H22N2. The van der Waals surface area contributed by atoms with Gasteiger partial charge in [-0.3, -0.25) is 0 Å². The first-order chi connectivity index (χ1) is 7.72. The summed E-state index contributed by atoms with van der Waals surface area (Å²) in [6, 6.07) is 0. The number of unbranched alkanes of at least 4 members (excludes halogenated alkanes) is 2. The van der Waals surface area contributed by atoms with Crippen molar-refractivity contribution in [3.63, 3.8) is 0 Å². The van der Waals surface area contributed by atoms with Crippen LogP contribution in [0.5, 0.6) is 0 Å². The fourth-order valence-electron chi connectivity index (χ4n) is 1.85. The van der Waals surface area contributed by atoms with E-state index in [1.807, 2.05) is 12.2 Å². The van der Waals surface area contributed by atoms with Gasteiger partial charge in [-0.1, -0.05) is 39.0 Å². The van der Waals surface area contributed by atoms with Crippen LogP contribution in [0.15, 0.2) is 41.6 Å². The maximum absolute atomic E-state index is 4.64. The van der Waals surface area contributed by atoms with Crippen LogP contribution < -0.4 is 0 Å². The number of likely N-dealkylation sites (N-methyl/N-ethyl adjacent to an activating group) is 1. The fraction of sp³-hybridized carbons (Fsp3) is 0.500. The standard InChI is InChI=1S/C14H22N2/c1-5-8-9-10-14-15-13(7-3)12(6-2)11-16(14)4/h6-7H,2-3,5,8-11H2,1,4H3. The summed E-state index contributed by atoms with van der Waals surface area (Å²) in [4.78, 5) is 6.85. The Morgan fingerprint density at radius 3 is 2.62 bits per heavy atom. The molecule has 0 radical (unpaired) electrons. The molecule has 2 nitrogen and oxygen atoms in total. The van der Waals surface area contributed by atoms with E-state index in [1.54, 1.807) is 0 Å². The molecule has 0 saturated heterocycles. The molecule has 1 aliphatic heterocycles. The molecule has 1 rings (SSSR count). The molecular weight excluding hydrogens is 196 g/mol. The molecule has 0 aromatic heterocycles. The lowest BCUT2D eigenvalue weighted by atomic mass is 10.1. The van der Waals surface area contributed by atoms with Gasteiger partial charge in [0.15, 0.2) is 0 Å². The lowest BCUT2D eigenvalue weighted by Crippen LogP contribution is -2.31. The van der Waals surface area contributed by atoms with Gasteiger partial charge in [0.2, 0.25) is 0 Å². The zero-order chi connectivity index (χ0) is 12.0. The summed E-state index contributed by atoms with van der Waals surface area (Å²) in [7, 11) is 2.09. The minimum atomic E-state index is 0.899. The first-order valence-electron chi connectivity index (χ1n) is 5.99. The highest BCUT2D eigenvalue weighted by molar-refractivity contribution is 5.85. The minimum Gasteiger partial charge on any atom is -0.359 e. The molecule has 0 amide bonds. The molecule has 0 aliphatic carbocycles. The Morgan fingerprint density at radius 2 is 2.06 bits per heavy atom. The van der Waals surface area contributed by atoms with Crippen LogP contribution in [0.4, 0.5) is 0 Å². The molecule has 0 atom stereocenters. The van der Waals surface area contributed by atoms with Crippen molar-refractivity contribution in [2.75, 3.05) is 13.6 Å². The average molecular weight is 218 g/mol. The number of allylic oxidation sites excluding steroid dienone is 1. The van der Waals surface area contributed by atoms with Crippen LogP contribution in [0.2, 0.25) is 0 Å². The third-order valence-corrected chi connectivity index (χ3v) is 2.87. The molecule has 0 spiro atoms. The molecule has 1 heterocycles. The third-order valence-electron chi connectivity index (χ3n) is 2.87. The lowest BCUT2D eigenvalue weighted by molar-refractivity contribution is 0.521. The van der Waals surface area contributed by atoms with Crippen molar-refractivity contribution in [2.24, 2.45) is 4.99 Å². The maximum Gasteiger partial charge on any atom is 0.105 e. The summed E-state index contributed by atoms with van der Waals surface area (Å²) in [5.41, 5.74) is 2.15. The van der Waals surface area contributed by atoms with Crippen LogP contribution in [0, 0.1) is 0 Å². The van der Waals surface area contributed by atoms with Crippen LogP contribution in [0.3, 0.4) is 0 Å². The number of hydrogen-bond acceptors (Lipinski definition) is 2. The predicted octanol–water partition coefficient (Wildman–Crippen LogP) is 3.54. The zero-order valence-corrected chi connectivity index (χ0v) is 10.5. The van der Waals surface area contributed by atoms with E-state index in [9.17, 15) is 0 Å². The molecule has 0 bridgehead atoms. The highest BCUT2D eigenvalue weighted by Crippen LogP contribution is 2.18. The van der Waals surface area contributed by atoms with E-state index >= 15 is 0 Å². The van der Waals surface area contributed by atoms with E-state index in [0.717, 1.165) is 24.2 Å². The van der Waals surface area contributed by atoms with Crippen molar-refractivity contribution in [3.05, 3.63) is 36.6 Å². The molecule has 2 heteroatoms. The lowest BCUT2D eigenvalue weighted by Gasteiger charge is -2.27. The van der Waals surface area contributed by atoms with Gasteiger partial charge in [0, 0.05) is 20.0 Å². The Kier molecular flexibility index (Phi) is 5.03. The van der Waals surface area contributed by atoms with Crippen LogP contribution in [-0.4, -0.2) is 24.3 Å². The predicted molar refractivity (Wildman–Crippen MR) is 71.6 cm³/mol. The monoisotopic (exact) mass is 218 g/mol. The summed E-state index contributed by atoms with van der Waals surface area (Å²) < 4.78 is 0. The number of aliphatic imine (C=N–C) groups is 1. The van der Waals surface area contributed by atoms with Crippen LogP contribution in [0.1, 0.15) is 32.6 Å². The Hall–Kier alpha value is -1.31. The number of hydrogen-bond donors (Lipinski definition) is 0. The SMILES string of the molecule is C=CC1=C(C=C)N=C(CCCCC)N(C)C1. The summed E-state index contributed by atoms with van der Waals surface area (Å²) in [6.07, 6.45) is 8.50. The van der Waals surface area contributed by atoms with Crippen molar-refractivity contribution in [1.29, 1.82) is 0 Å². The fourth-order valence-corrected chi connectivity index (χ4v) is 1.85. The largest absolute Gasteiger partial charge is 0.359 e. The van der Waals surface area contributed by atoms with Gasteiger partial charge in [0.05, 0.1) is 5.70 Å². The summed E-state index contributed by atoms with van der Waals surface area (Å²) in [5, 5.41) is 0. The second-order valence-electron chi connectivity index (χ2n) is 4.16. The minimum absolute atomic E-state index is 0.899. The Balaban J connectivity index is 2.75. The second kappa shape index (κ2) is 6.31.